The second-order valence-electron chi connectivity index (χ2n) is 2.89. The Bertz CT molecular complexity index is 530. The molecule has 4 N–H and O–H groups in total. The molecule has 0 unspecified atom stereocenters. The SMILES string of the molecule is NC(CCl)=Nc1ccc(I)cc1S(N)(=O)=O. The Morgan fingerprint density at radius 3 is 2.62 bits per heavy atom. The van der Waals surface area contributed by atoms with Gasteiger partial charge in [0.1, 0.15) is 10.7 Å². The number of amidine groups is 1. The number of nitrogens with zero attached hydrogens (tertiary/aromatic N) is 1. The number of hydrogen-bond acceptors (Lipinski definition) is 3. The molecule has 8 heteroatoms. The first kappa shape index (κ1) is 13.7. The van der Waals surface area contributed by atoms with E-state index in [9.17, 15) is 8.42 Å². The fraction of sp³-hybridized carbons (Fsp3) is 0.125. The van der Waals surface area contributed by atoms with Gasteiger partial charge in [-0.25, -0.2) is 18.5 Å². The fourth-order valence-electron chi connectivity index (χ4n) is 0.993. The molecule has 1 aromatic carbocycles. The van der Waals surface area contributed by atoms with Crippen molar-refractivity contribution < 1.29 is 8.42 Å². The number of benzene rings is 1. The largest absolute Gasteiger partial charge is 0.386 e. The minimum Gasteiger partial charge on any atom is -0.386 e. The van der Waals surface area contributed by atoms with Gasteiger partial charge in [-0.1, -0.05) is 0 Å². The van der Waals surface area contributed by atoms with Crippen LogP contribution in [0.1, 0.15) is 0 Å². The van der Waals surface area contributed by atoms with Crippen molar-refractivity contribution in [2.45, 2.75) is 4.90 Å². The van der Waals surface area contributed by atoms with Crippen molar-refractivity contribution in [2.75, 3.05) is 5.88 Å². The lowest BCUT2D eigenvalue weighted by atomic mass is 10.3. The maximum Gasteiger partial charge on any atom is 0.240 e. The monoisotopic (exact) mass is 373 g/mol. The van der Waals surface area contributed by atoms with Crippen LogP contribution in [0.4, 0.5) is 5.69 Å². The molecule has 1 rings (SSSR count). The van der Waals surface area contributed by atoms with E-state index in [0.717, 1.165) is 3.57 Å². The van der Waals surface area contributed by atoms with E-state index >= 15 is 0 Å². The first-order valence-electron chi connectivity index (χ1n) is 4.06. The maximum absolute atomic E-state index is 11.3. The van der Waals surface area contributed by atoms with Crippen LogP contribution in [0.25, 0.3) is 0 Å². The molecule has 0 aliphatic carbocycles. The van der Waals surface area contributed by atoms with Crippen LogP contribution in [0, 0.1) is 3.57 Å². The molecule has 0 radical (unpaired) electrons. The molecule has 0 saturated heterocycles. The van der Waals surface area contributed by atoms with Crippen molar-refractivity contribution in [3.63, 3.8) is 0 Å². The molecule has 0 atom stereocenters. The predicted molar refractivity (Wildman–Crippen MR) is 72.5 cm³/mol. The summed E-state index contributed by atoms with van der Waals surface area (Å²) in [5.74, 6) is 0.156. The van der Waals surface area contributed by atoms with Crippen LogP contribution in [-0.4, -0.2) is 20.1 Å². The summed E-state index contributed by atoms with van der Waals surface area (Å²) in [5.41, 5.74) is 5.63. The van der Waals surface area contributed by atoms with Crippen molar-refractivity contribution >= 4 is 55.7 Å². The average molecular weight is 374 g/mol. The molecule has 0 aromatic heterocycles. The van der Waals surface area contributed by atoms with Crippen molar-refractivity contribution in [2.24, 2.45) is 15.9 Å². The van der Waals surface area contributed by atoms with E-state index in [-0.39, 0.29) is 22.3 Å². The lowest BCUT2D eigenvalue weighted by Crippen LogP contribution is -2.15. The number of alkyl halides is 1. The highest BCUT2D eigenvalue weighted by Gasteiger charge is 2.14. The Morgan fingerprint density at radius 2 is 2.12 bits per heavy atom. The molecule has 0 heterocycles. The van der Waals surface area contributed by atoms with E-state index in [4.69, 9.17) is 22.5 Å². The smallest absolute Gasteiger partial charge is 0.240 e. The third-order valence-electron chi connectivity index (χ3n) is 1.63. The van der Waals surface area contributed by atoms with E-state index < -0.39 is 10.0 Å². The second kappa shape index (κ2) is 5.30. The molecule has 0 fully saturated rings. The molecule has 16 heavy (non-hydrogen) atoms. The van der Waals surface area contributed by atoms with Crippen LogP contribution in [0.15, 0.2) is 28.1 Å². The lowest BCUT2D eigenvalue weighted by molar-refractivity contribution is 0.598. The first-order chi connectivity index (χ1) is 7.34. The van der Waals surface area contributed by atoms with Crippen LogP contribution < -0.4 is 10.9 Å². The van der Waals surface area contributed by atoms with Crippen molar-refractivity contribution in [3.8, 4) is 0 Å². The molecule has 0 amide bonds. The summed E-state index contributed by atoms with van der Waals surface area (Å²) < 4.78 is 23.4. The van der Waals surface area contributed by atoms with Crippen LogP contribution in [0.2, 0.25) is 0 Å². The van der Waals surface area contributed by atoms with Crippen LogP contribution in [-0.2, 0) is 10.0 Å². The molecule has 0 saturated carbocycles. The van der Waals surface area contributed by atoms with Gasteiger partial charge in [0.2, 0.25) is 10.0 Å². The molecular formula is C8H9ClIN3O2S. The van der Waals surface area contributed by atoms with Gasteiger partial charge < -0.3 is 5.73 Å². The Hall–Kier alpha value is -0.380. The number of hydrogen-bond donors (Lipinski definition) is 2. The Balaban J connectivity index is 3.41. The highest BCUT2D eigenvalue weighted by Crippen LogP contribution is 2.25. The van der Waals surface area contributed by atoms with Gasteiger partial charge in [-0.2, -0.15) is 0 Å². The summed E-state index contributed by atoms with van der Waals surface area (Å²) in [6, 6.07) is 4.66. The third-order valence-corrected chi connectivity index (χ3v) is 3.51. The maximum atomic E-state index is 11.3. The van der Waals surface area contributed by atoms with Crippen molar-refractivity contribution in [1.82, 2.24) is 0 Å². The molecule has 0 aliphatic heterocycles. The Kier molecular flexibility index (Phi) is 4.53. The highest BCUT2D eigenvalue weighted by atomic mass is 127. The number of nitrogens with two attached hydrogens (primary N) is 2. The number of aliphatic imine (C=N–C) groups is 1. The van der Waals surface area contributed by atoms with Gasteiger partial charge in [-0.3, -0.25) is 0 Å². The van der Waals surface area contributed by atoms with Gasteiger partial charge >= 0.3 is 0 Å². The fourth-order valence-corrected chi connectivity index (χ4v) is 2.45. The summed E-state index contributed by atoms with van der Waals surface area (Å²) in [7, 11) is -3.82. The quantitative estimate of drug-likeness (QED) is 0.360. The predicted octanol–water partition coefficient (Wildman–Crippen LogP) is 1.17. The molecule has 88 valence electrons. The highest BCUT2D eigenvalue weighted by molar-refractivity contribution is 14.1. The number of rotatable bonds is 3. The molecule has 0 bridgehead atoms. The third kappa shape index (κ3) is 3.58. The summed E-state index contributed by atoms with van der Waals surface area (Å²) in [6.45, 7) is 0. The van der Waals surface area contributed by atoms with E-state index in [1.807, 2.05) is 22.6 Å². The molecule has 0 aliphatic rings. The Morgan fingerprint density at radius 1 is 1.50 bits per heavy atom. The number of sulfonamides is 1. The molecular weight excluding hydrogens is 365 g/mol. The van der Waals surface area contributed by atoms with Gasteiger partial charge in [0.25, 0.3) is 0 Å². The minimum absolute atomic E-state index is 0.0239. The summed E-state index contributed by atoms with van der Waals surface area (Å²) >= 11 is 7.44. The van der Waals surface area contributed by atoms with E-state index in [2.05, 4.69) is 4.99 Å². The van der Waals surface area contributed by atoms with Crippen molar-refractivity contribution in [1.29, 1.82) is 0 Å². The lowest BCUT2D eigenvalue weighted by Gasteiger charge is -2.04. The van der Waals surface area contributed by atoms with E-state index in [1.165, 1.54) is 12.1 Å². The van der Waals surface area contributed by atoms with Gasteiger partial charge in [-0.15, -0.1) is 11.6 Å². The summed E-state index contributed by atoms with van der Waals surface area (Å²) in [5, 5.41) is 5.07. The molecule has 1 aromatic rings. The summed E-state index contributed by atoms with van der Waals surface area (Å²) in [4.78, 5) is 3.82. The number of primary sulfonamides is 1. The second-order valence-corrected chi connectivity index (χ2v) is 5.94. The van der Waals surface area contributed by atoms with Crippen LogP contribution in [0.5, 0.6) is 0 Å². The zero-order chi connectivity index (χ0) is 12.3. The first-order valence-corrected chi connectivity index (χ1v) is 7.22. The Labute approximate surface area is 112 Å². The topological polar surface area (TPSA) is 98.5 Å². The zero-order valence-electron chi connectivity index (χ0n) is 8.02. The normalized spacial score (nSPS) is 12.8. The standard InChI is InChI=1S/C8H9ClIN3O2S/c9-4-8(11)13-6-2-1-5(10)3-7(6)16(12,14)15/h1-3H,4H2,(H2,11,13)(H2,12,14,15). The summed E-state index contributed by atoms with van der Waals surface area (Å²) in [6.07, 6.45) is 0. The van der Waals surface area contributed by atoms with Gasteiger partial charge in [0.15, 0.2) is 0 Å². The van der Waals surface area contributed by atoms with Crippen LogP contribution >= 0.6 is 34.2 Å². The molecule has 5 nitrogen and oxygen atoms in total. The minimum atomic E-state index is -3.82. The zero-order valence-corrected chi connectivity index (χ0v) is 11.8. The number of halogens is 2. The average Bonchev–Trinajstić information content (AvgIpc) is 2.19. The van der Waals surface area contributed by atoms with Gasteiger partial charge in [0, 0.05) is 3.57 Å². The van der Waals surface area contributed by atoms with Gasteiger partial charge in [-0.05, 0) is 40.8 Å². The van der Waals surface area contributed by atoms with E-state index in [1.54, 1.807) is 6.07 Å². The van der Waals surface area contributed by atoms with Crippen molar-refractivity contribution in [3.05, 3.63) is 21.8 Å². The molecule has 0 spiro atoms. The van der Waals surface area contributed by atoms with Crippen LogP contribution in [0.3, 0.4) is 0 Å². The van der Waals surface area contributed by atoms with E-state index in [0.29, 0.717) is 0 Å². The van der Waals surface area contributed by atoms with Gasteiger partial charge in [0.05, 0.1) is 11.6 Å².